The summed E-state index contributed by atoms with van der Waals surface area (Å²) in [4.78, 5) is 0. The topological polar surface area (TPSA) is 18.5 Å². The number of rotatable bonds is 8. The standard InChI is InChI=1S/C28H24F8O2/c1-2-37-14-15-3-5-16(6-4-15)17-7-8-20(21(29)9-17)18-10-22(30)26(23(31)11-18)28(35,36)38-19-12-24(32)27(34)25(33)13-19/h7-13,15-16H,2-6,14H2,1H3. The van der Waals surface area contributed by atoms with E-state index in [-0.39, 0.29) is 29.2 Å². The molecule has 2 nitrogen and oxygen atoms in total. The highest BCUT2D eigenvalue weighted by Gasteiger charge is 2.41. The van der Waals surface area contributed by atoms with E-state index in [0.29, 0.717) is 31.3 Å². The van der Waals surface area contributed by atoms with Gasteiger partial charge in [0.05, 0.1) is 0 Å². The van der Waals surface area contributed by atoms with E-state index < -0.39 is 52.3 Å². The fourth-order valence-corrected chi connectivity index (χ4v) is 4.76. The van der Waals surface area contributed by atoms with Gasteiger partial charge in [0.1, 0.15) is 28.8 Å². The maximum absolute atomic E-state index is 15.0. The molecule has 0 saturated heterocycles. The fraction of sp³-hybridized carbons (Fsp3) is 0.357. The Morgan fingerprint density at radius 1 is 0.763 bits per heavy atom. The molecular formula is C28H24F8O2. The smallest absolute Gasteiger partial charge is 0.429 e. The zero-order chi connectivity index (χ0) is 27.6. The van der Waals surface area contributed by atoms with Crippen molar-refractivity contribution in [2.75, 3.05) is 13.2 Å². The molecule has 3 aromatic carbocycles. The zero-order valence-corrected chi connectivity index (χ0v) is 20.3. The third kappa shape index (κ3) is 5.95. The molecule has 1 aliphatic carbocycles. The summed E-state index contributed by atoms with van der Waals surface area (Å²) in [7, 11) is 0. The Bertz CT molecular complexity index is 1260. The lowest BCUT2D eigenvalue weighted by Gasteiger charge is -2.28. The van der Waals surface area contributed by atoms with Crippen molar-refractivity contribution in [1.29, 1.82) is 0 Å². The minimum absolute atomic E-state index is 0.110. The van der Waals surface area contributed by atoms with Crippen molar-refractivity contribution < 1.29 is 44.6 Å². The second-order valence-corrected chi connectivity index (χ2v) is 9.25. The summed E-state index contributed by atoms with van der Waals surface area (Å²) >= 11 is 0. The predicted molar refractivity (Wildman–Crippen MR) is 124 cm³/mol. The molecule has 0 radical (unpaired) electrons. The van der Waals surface area contributed by atoms with Crippen LogP contribution in [-0.2, 0) is 10.8 Å². The molecule has 0 unspecified atom stereocenters. The van der Waals surface area contributed by atoms with Crippen molar-refractivity contribution in [3.63, 3.8) is 0 Å². The van der Waals surface area contributed by atoms with Gasteiger partial charge in [0, 0.05) is 30.9 Å². The van der Waals surface area contributed by atoms with Crippen molar-refractivity contribution >= 4 is 0 Å². The predicted octanol–water partition coefficient (Wildman–Crippen LogP) is 8.63. The Hall–Kier alpha value is -3.14. The molecule has 1 fully saturated rings. The Labute approximate surface area is 214 Å². The minimum Gasteiger partial charge on any atom is -0.429 e. The molecule has 0 bridgehead atoms. The van der Waals surface area contributed by atoms with E-state index in [4.69, 9.17) is 4.74 Å². The van der Waals surface area contributed by atoms with Gasteiger partial charge in [-0.05, 0) is 73.8 Å². The molecule has 1 saturated carbocycles. The van der Waals surface area contributed by atoms with E-state index in [1.165, 1.54) is 12.1 Å². The fourth-order valence-electron chi connectivity index (χ4n) is 4.76. The van der Waals surface area contributed by atoms with E-state index >= 15 is 0 Å². The Kier molecular flexibility index (Phi) is 8.30. The summed E-state index contributed by atoms with van der Waals surface area (Å²) in [5.41, 5.74) is -1.65. The average molecular weight is 544 g/mol. The largest absolute Gasteiger partial charge is 0.432 e. The second kappa shape index (κ2) is 11.3. The lowest BCUT2D eigenvalue weighted by molar-refractivity contribution is -0.189. The van der Waals surface area contributed by atoms with Gasteiger partial charge in [-0.3, -0.25) is 0 Å². The SMILES string of the molecule is CCOCC1CCC(c2ccc(-c3cc(F)c(C(F)(F)Oc4cc(F)c(F)c(F)c4)c(F)c3)c(F)c2)CC1. The number of alkyl halides is 2. The molecule has 204 valence electrons. The van der Waals surface area contributed by atoms with Crippen molar-refractivity contribution in [3.05, 3.63) is 88.5 Å². The summed E-state index contributed by atoms with van der Waals surface area (Å²) in [5.74, 6) is -10.5. The van der Waals surface area contributed by atoms with Gasteiger partial charge in [-0.25, -0.2) is 26.3 Å². The van der Waals surface area contributed by atoms with Crippen LogP contribution in [-0.4, -0.2) is 13.2 Å². The van der Waals surface area contributed by atoms with E-state index in [0.717, 1.165) is 31.2 Å². The molecule has 10 heteroatoms. The van der Waals surface area contributed by atoms with Gasteiger partial charge in [0.25, 0.3) is 0 Å². The maximum atomic E-state index is 15.0. The molecule has 4 rings (SSSR count). The average Bonchev–Trinajstić information content (AvgIpc) is 2.85. The van der Waals surface area contributed by atoms with Crippen LogP contribution in [0.2, 0.25) is 0 Å². The van der Waals surface area contributed by atoms with Crippen LogP contribution in [0.3, 0.4) is 0 Å². The van der Waals surface area contributed by atoms with Crippen molar-refractivity contribution in [3.8, 4) is 16.9 Å². The highest BCUT2D eigenvalue weighted by molar-refractivity contribution is 5.65. The van der Waals surface area contributed by atoms with Crippen LogP contribution in [0.1, 0.15) is 49.7 Å². The monoisotopic (exact) mass is 544 g/mol. The summed E-state index contributed by atoms with van der Waals surface area (Å²) in [6.45, 7) is 3.26. The number of hydrogen-bond acceptors (Lipinski definition) is 2. The van der Waals surface area contributed by atoms with Crippen LogP contribution >= 0.6 is 0 Å². The normalized spacial score (nSPS) is 18.0. The van der Waals surface area contributed by atoms with E-state index in [2.05, 4.69) is 4.74 Å². The second-order valence-electron chi connectivity index (χ2n) is 9.25. The van der Waals surface area contributed by atoms with Gasteiger partial charge < -0.3 is 9.47 Å². The molecule has 1 aliphatic rings. The number of halogens is 8. The van der Waals surface area contributed by atoms with Gasteiger partial charge in [-0.1, -0.05) is 12.1 Å². The lowest BCUT2D eigenvalue weighted by Crippen LogP contribution is -2.25. The van der Waals surface area contributed by atoms with Gasteiger partial charge in [-0.15, -0.1) is 0 Å². The highest BCUT2D eigenvalue weighted by atomic mass is 19.3. The molecule has 0 aliphatic heterocycles. The molecule has 0 aromatic heterocycles. The summed E-state index contributed by atoms with van der Waals surface area (Å²) in [6.07, 6.45) is -1.19. The van der Waals surface area contributed by atoms with Gasteiger partial charge in [-0.2, -0.15) is 8.78 Å². The third-order valence-corrected chi connectivity index (χ3v) is 6.72. The van der Waals surface area contributed by atoms with Gasteiger partial charge in [0.15, 0.2) is 17.5 Å². The molecule has 0 atom stereocenters. The van der Waals surface area contributed by atoms with Crippen LogP contribution in [0.15, 0.2) is 42.5 Å². The number of ether oxygens (including phenoxy) is 2. The molecule has 0 spiro atoms. The summed E-state index contributed by atoms with van der Waals surface area (Å²) < 4.78 is 123. The molecule has 0 heterocycles. The molecule has 3 aromatic rings. The third-order valence-electron chi connectivity index (χ3n) is 6.72. The molecule has 0 amide bonds. The zero-order valence-electron chi connectivity index (χ0n) is 20.3. The van der Waals surface area contributed by atoms with E-state index in [1.54, 1.807) is 6.07 Å². The minimum atomic E-state index is -4.73. The van der Waals surface area contributed by atoms with E-state index in [9.17, 15) is 35.1 Å². The number of hydrogen-bond donors (Lipinski definition) is 0. The van der Waals surface area contributed by atoms with Crippen molar-refractivity contribution in [2.24, 2.45) is 5.92 Å². The first-order chi connectivity index (χ1) is 18.0. The maximum Gasteiger partial charge on any atom is 0.432 e. The van der Waals surface area contributed by atoms with Gasteiger partial charge in [0.2, 0.25) is 0 Å². The van der Waals surface area contributed by atoms with E-state index in [1.807, 2.05) is 6.92 Å². The first-order valence-electron chi connectivity index (χ1n) is 12.1. The molecule has 0 N–H and O–H groups in total. The number of benzene rings is 3. The Morgan fingerprint density at radius 2 is 1.37 bits per heavy atom. The molecule has 38 heavy (non-hydrogen) atoms. The van der Waals surface area contributed by atoms with Crippen LogP contribution in [0.4, 0.5) is 35.1 Å². The Balaban J connectivity index is 1.54. The lowest BCUT2D eigenvalue weighted by atomic mass is 9.78. The highest BCUT2D eigenvalue weighted by Crippen LogP contribution is 2.40. The van der Waals surface area contributed by atoms with Crippen LogP contribution in [0.5, 0.6) is 5.75 Å². The molecular weight excluding hydrogens is 520 g/mol. The quantitative estimate of drug-likeness (QED) is 0.209. The van der Waals surface area contributed by atoms with Crippen molar-refractivity contribution in [1.82, 2.24) is 0 Å². The van der Waals surface area contributed by atoms with Crippen molar-refractivity contribution in [2.45, 2.75) is 44.6 Å². The van der Waals surface area contributed by atoms with Crippen LogP contribution in [0, 0.1) is 40.8 Å². The van der Waals surface area contributed by atoms with Crippen LogP contribution in [0.25, 0.3) is 11.1 Å². The first-order valence-corrected chi connectivity index (χ1v) is 12.1. The Morgan fingerprint density at radius 3 is 1.92 bits per heavy atom. The summed E-state index contributed by atoms with van der Waals surface area (Å²) in [6, 6.07) is 5.51. The van der Waals surface area contributed by atoms with Crippen LogP contribution < -0.4 is 4.74 Å². The summed E-state index contributed by atoms with van der Waals surface area (Å²) in [5, 5.41) is 0. The first kappa shape index (κ1) is 27.9. The van der Waals surface area contributed by atoms with Gasteiger partial charge >= 0.3 is 6.11 Å².